The Morgan fingerprint density at radius 2 is 1.11 bits per heavy atom. The first-order valence-electron chi connectivity index (χ1n) is 3.38. The van der Waals surface area contributed by atoms with Gasteiger partial charge in [0.15, 0.2) is 0 Å². The van der Waals surface area contributed by atoms with Gasteiger partial charge in [-0.1, -0.05) is 24.4 Å². The molecule has 0 aliphatic heterocycles. The normalized spacial score (nSPS) is 6.78. The molecule has 0 atom stereocenters. The van der Waals surface area contributed by atoms with Crippen molar-refractivity contribution in [3.05, 3.63) is 20.6 Å². The summed E-state index contributed by atoms with van der Waals surface area (Å²) in [5.41, 5.74) is 0. The first-order chi connectivity index (χ1) is 7.60. The van der Waals surface area contributed by atoms with Crippen molar-refractivity contribution in [3.63, 3.8) is 0 Å². The van der Waals surface area contributed by atoms with Gasteiger partial charge in [0.2, 0.25) is 0 Å². The Bertz CT molecular complexity index is 470. The summed E-state index contributed by atoms with van der Waals surface area (Å²) >= 11 is 9.23. The first kappa shape index (κ1) is 23.8. The second-order valence-corrected chi connectivity index (χ2v) is 4.90. The van der Waals surface area contributed by atoms with Crippen LogP contribution in [0.15, 0.2) is 9.81 Å². The Morgan fingerprint density at radius 3 is 1.28 bits per heavy atom. The molecule has 4 nitrogen and oxygen atoms in total. The zero-order chi connectivity index (χ0) is 12.6. The molecule has 0 saturated heterocycles. The van der Waals surface area contributed by atoms with E-state index in [-0.39, 0.29) is 78.7 Å². The molecule has 0 aromatic rings. The molecule has 0 aliphatic rings. The first-order valence-corrected chi connectivity index (χ1v) is 6.34. The van der Waals surface area contributed by atoms with Crippen LogP contribution in [0.4, 0.5) is 0 Å². The van der Waals surface area contributed by atoms with Gasteiger partial charge < -0.3 is 10.8 Å². The maximum atomic E-state index is 8.66. The summed E-state index contributed by atoms with van der Waals surface area (Å²) in [6, 6.07) is 3.30. The van der Waals surface area contributed by atoms with E-state index in [9.17, 15) is 0 Å². The zero-order valence-corrected chi connectivity index (χ0v) is 16.7. The standard InChI is InChI=1S/C8N4S4.2Na/c9-1-5(13)7(3-11)15-16-8(4-12)6(14)2-10;;/q-2;2*+1. The monoisotopic (exact) mass is 326 g/mol. The fraction of sp³-hybridized carbons (Fsp3) is 0. The van der Waals surface area contributed by atoms with E-state index < -0.39 is 0 Å². The van der Waals surface area contributed by atoms with E-state index >= 15 is 0 Å². The zero-order valence-electron chi connectivity index (χ0n) is 9.42. The smallest absolute Gasteiger partial charge is 0.762 e. The molecule has 78 valence electrons. The predicted molar refractivity (Wildman–Crippen MR) is 75.4 cm³/mol. The van der Waals surface area contributed by atoms with Crippen LogP contribution in [0, 0.1) is 22.7 Å². The summed E-state index contributed by atoms with van der Waals surface area (Å²) in [6.45, 7) is 0. The number of rotatable bonds is 5. The van der Waals surface area contributed by atoms with Crippen molar-refractivity contribution in [2.45, 2.75) is 0 Å². The van der Waals surface area contributed by atoms with Crippen molar-refractivity contribution < 1.29 is 59.1 Å². The molecule has 0 fully saturated rings. The molecule has 0 heterocycles. The van der Waals surface area contributed by atoms with Gasteiger partial charge in [0, 0.05) is 0 Å². The molecule has 0 saturated carbocycles. The van der Waals surface area contributed by atoms with E-state index in [0.717, 1.165) is 21.6 Å². The molecule has 0 N–H and O–H groups in total. The summed E-state index contributed by atoms with van der Waals surface area (Å²) in [7, 11) is 1.68. The van der Waals surface area contributed by atoms with Crippen LogP contribution in [0.2, 0.25) is 0 Å². The number of hydrogen-bond donors (Lipinski definition) is 0. The Labute approximate surface area is 167 Å². The molecule has 0 bridgehead atoms. The van der Waals surface area contributed by atoms with Crippen molar-refractivity contribution in [2.75, 3.05) is 0 Å². The van der Waals surface area contributed by atoms with Gasteiger partial charge in [0.05, 0.1) is 9.81 Å². The van der Waals surface area contributed by atoms with Crippen molar-refractivity contribution >= 4 is 67.5 Å². The number of nitriles is 2. The van der Waals surface area contributed by atoms with E-state index in [4.69, 9.17) is 21.3 Å². The molecule has 18 heavy (non-hydrogen) atoms. The Kier molecular flexibility index (Phi) is 18.8. The van der Waals surface area contributed by atoms with E-state index in [1.54, 1.807) is 23.9 Å². The molecule has 0 aliphatic carbocycles. The molecule has 0 amide bonds. The van der Waals surface area contributed by atoms with Crippen LogP contribution in [0.25, 0.3) is 10.8 Å². The fourth-order valence-corrected chi connectivity index (χ4v) is 2.76. The van der Waals surface area contributed by atoms with Crippen molar-refractivity contribution in [1.29, 1.82) is 10.5 Å². The Morgan fingerprint density at radius 1 is 0.833 bits per heavy atom. The van der Waals surface area contributed by atoms with Crippen molar-refractivity contribution in [2.24, 2.45) is 0 Å². The van der Waals surface area contributed by atoms with E-state index in [1.807, 2.05) is 0 Å². The minimum atomic E-state index is -0.153. The van der Waals surface area contributed by atoms with Crippen molar-refractivity contribution in [3.8, 4) is 12.1 Å². The Balaban J connectivity index is -0.00000112. The average molecular weight is 326 g/mol. The molecule has 0 rings (SSSR count). The van der Waals surface area contributed by atoms with Crippen LogP contribution in [-0.4, -0.2) is 21.5 Å². The molecule has 0 radical (unpaired) electrons. The average Bonchev–Trinajstić information content (AvgIpc) is 2.33. The van der Waals surface area contributed by atoms with Crippen LogP contribution in [0.1, 0.15) is 0 Å². The summed E-state index contributed by atoms with van der Waals surface area (Å²) in [5, 5.41) is 34.3. The van der Waals surface area contributed by atoms with Gasteiger partial charge in [-0.15, -0.1) is 0 Å². The van der Waals surface area contributed by atoms with Gasteiger partial charge in [-0.05, 0) is 21.6 Å². The molecule has 0 spiro atoms. The van der Waals surface area contributed by atoms with Crippen LogP contribution >= 0.6 is 46.0 Å². The maximum absolute atomic E-state index is 8.66. The number of nitrogens with zero attached hydrogens (tertiary/aromatic N) is 4. The summed E-state index contributed by atoms with van der Waals surface area (Å²) in [6.07, 6.45) is 0. The van der Waals surface area contributed by atoms with Gasteiger partial charge in [0.1, 0.15) is 21.9 Å². The third-order valence-electron chi connectivity index (χ3n) is 1.03. The van der Waals surface area contributed by atoms with Crippen LogP contribution in [0.5, 0.6) is 0 Å². The SMILES string of the molecule is N#CC(=S)C(=C=[N-])SSC(=C=[N-])C(=S)C#N.[Na+].[Na+]. The van der Waals surface area contributed by atoms with Gasteiger partial charge in [-0.3, -0.25) is 11.7 Å². The van der Waals surface area contributed by atoms with Gasteiger partial charge in [0.25, 0.3) is 0 Å². The summed E-state index contributed by atoms with van der Waals surface area (Å²) < 4.78 is 0. The van der Waals surface area contributed by atoms with Gasteiger partial charge >= 0.3 is 59.1 Å². The van der Waals surface area contributed by atoms with E-state index in [0.29, 0.717) is 0 Å². The quantitative estimate of drug-likeness (QED) is 0.170. The minimum Gasteiger partial charge on any atom is -0.762 e. The maximum Gasteiger partial charge on any atom is 1.00 e. The Hall–Kier alpha value is 0.760. The third kappa shape index (κ3) is 8.79. The second kappa shape index (κ2) is 14.2. The van der Waals surface area contributed by atoms with Crippen LogP contribution in [0.3, 0.4) is 0 Å². The topological polar surface area (TPSA) is 92.2 Å². The van der Waals surface area contributed by atoms with Crippen LogP contribution in [-0.2, 0) is 0 Å². The van der Waals surface area contributed by atoms with Crippen LogP contribution < -0.4 is 59.1 Å². The molecule has 0 aromatic heterocycles. The van der Waals surface area contributed by atoms with Crippen molar-refractivity contribution in [1.82, 2.24) is 0 Å². The predicted octanol–water partition coefficient (Wildman–Crippen LogP) is -3.59. The molecule has 0 unspecified atom stereocenters. The molecular weight excluding hydrogens is 326 g/mol. The number of thiocarbonyl (C=S) groups is 2. The summed E-state index contributed by atoms with van der Waals surface area (Å²) in [4.78, 5) is -0.285. The van der Waals surface area contributed by atoms with E-state index in [1.165, 1.54) is 0 Å². The second-order valence-electron chi connectivity index (χ2n) is 1.93. The molecule has 0 aromatic carbocycles. The molecular formula is C8N4Na2S4. The van der Waals surface area contributed by atoms with E-state index in [2.05, 4.69) is 24.4 Å². The van der Waals surface area contributed by atoms with Gasteiger partial charge in [-0.25, -0.2) is 0 Å². The third-order valence-corrected chi connectivity index (χ3v) is 4.13. The fourth-order valence-electron chi connectivity index (χ4n) is 0.399. The minimum absolute atomic E-state index is 0. The van der Waals surface area contributed by atoms with Gasteiger partial charge in [-0.2, -0.15) is 10.5 Å². The summed E-state index contributed by atoms with van der Waals surface area (Å²) in [5.74, 6) is 3.47. The number of allylic oxidation sites excluding steroid dienone is 2. The molecule has 10 heteroatoms. The largest absolute Gasteiger partial charge is 1.00 e. The number of hydrogen-bond acceptors (Lipinski definition) is 6.